The Hall–Kier alpha value is -4.04. The third kappa shape index (κ3) is 4.50. The number of carbonyl (C=O) groups excluding carboxylic acids is 1. The van der Waals surface area contributed by atoms with E-state index in [4.69, 9.17) is 5.73 Å². The summed E-state index contributed by atoms with van der Waals surface area (Å²) in [7, 11) is 2.05. The first kappa shape index (κ1) is 21.2. The van der Waals surface area contributed by atoms with Crippen molar-refractivity contribution >= 4 is 17.9 Å². The largest absolute Gasteiger partial charge is 0.504 e. The molecular weight excluding hydrogens is 420 g/mol. The Morgan fingerprint density at radius 1 is 1.25 bits per heavy atom. The molecule has 5 N–H and O–H groups in total. The Bertz CT molecular complexity index is 1130. The van der Waals surface area contributed by atoms with E-state index in [-0.39, 0.29) is 28.8 Å². The average molecular weight is 442 g/mol. The molecule has 4 rings (SSSR count). The molecule has 3 heterocycles. The highest BCUT2D eigenvalue weighted by Crippen LogP contribution is 2.24. The highest BCUT2D eigenvalue weighted by atomic mass is 16.6. The number of nitrogen functional groups attached to an aromatic ring is 1. The number of nitrogens with two attached hydrogens (primary N) is 1. The number of amides is 1. The molecule has 0 bridgehead atoms. The Balaban J connectivity index is 1.56. The zero-order valence-electron chi connectivity index (χ0n) is 17.2. The highest BCUT2D eigenvalue weighted by molar-refractivity contribution is 5.94. The van der Waals surface area contributed by atoms with E-state index in [0.29, 0.717) is 17.8 Å². The topological polar surface area (TPSA) is 184 Å². The predicted octanol–water partition coefficient (Wildman–Crippen LogP) is -0.845. The summed E-state index contributed by atoms with van der Waals surface area (Å²) in [5.41, 5.74) is 9.19. The molecule has 0 atom stereocenters. The van der Waals surface area contributed by atoms with Crippen molar-refractivity contribution in [1.82, 2.24) is 40.5 Å². The van der Waals surface area contributed by atoms with Crippen LogP contribution in [0, 0.1) is 0 Å². The van der Waals surface area contributed by atoms with Crippen LogP contribution in [0.4, 0.5) is 5.82 Å². The molecule has 32 heavy (non-hydrogen) atoms. The lowest BCUT2D eigenvalue weighted by Crippen LogP contribution is -2.44. The van der Waals surface area contributed by atoms with Crippen LogP contribution in [0.2, 0.25) is 0 Å². The summed E-state index contributed by atoms with van der Waals surface area (Å²) in [4.78, 5) is 17.2. The first-order valence-electron chi connectivity index (χ1n) is 9.71. The van der Waals surface area contributed by atoms with Crippen LogP contribution in [-0.4, -0.2) is 90.7 Å². The molecule has 0 unspecified atom stereocenters. The molecule has 0 saturated carbocycles. The number of phenolic OH excluding ortho intramolecular Hbond substituents is 2. The van der Waals surface area contributed by atoms with Crippen LogP contribution in [0.15, 0.2) is 27.9 Å². The Morgan fingerprint density at radius 3 is 2.72 bits per heavy atom. The van der Waals surface area contributed by atoms with Gasteiger partial charge in [0.15, 0.2) is 17.2 Å². The van der Waals surface area contributed by atoms with Gasteiger partial charge in [0, 0.05) is 32.7 Å². The van der Waals surface area contributed by atoms with Crippen LogP contribution in [0.25, 0.3) is 5.82 Å². The molecular formula is C18H22N10O4. The van der Waals surface area contributed by atoms with Gasteiger partial charge in [0.2, 0.25) is 11.6 Å². The van der Waals surface area contributed by atoms with Crippen molar-refractivity contribution in [3.05, 3.63) is 35.2 Å². The molecule has 1 saturated heterocycles. The normalized spacial score (nSPS) is 15.4. The number of piperazine rings is 1. The van der Waals surface area contributed by atoms with Gasteiger partial charge in [-0.3, -0.25) is 9.69 Å². The molecule has 1 aliphatic rings. The molecule has 0 aliphatic carbocycles. The number of rotatable bonds is 6. The van der Waals surface area contributed by atoms with E-state index in [1.807, 2.05) is 0 Å². The van der Waals surface area contributed by atoms with E-state index in [9.17, 15) is 15.0 Å². The summed E-state index contributed by atoms with van der Waals surface area (Å²) in [6.07, 6.45) is 1.32. The van der Waals surface area contributed by atoms with Gasteiger partial charge in [0.1, 0.15) is 0 Å². The van der Waals surface area contributed by atoms with E-state index in [2.05, 4.69) is 52.6 Å². The molecule has 0 spiro atoms. The monoisotopic (exact) mass is 442 g/mol. The van der Waals surface area contributed by atoms with E-state index >= 15 is 0 Å². The minimum Gasteiger partial charge on any atom is -0.504 e. The maximum absolute atomic E-state index is 12.8. The van der Waals surface area contributed by atoms with Crippen LogP contribution in [0.3, 0.4) is 0 Å². The number of phenols is 2. The second kappa shape index (κ2) is 8.99. The van der Waals surface area contributed by atoms with Crippen molar-refractivity contribution in [2.24, 2.45) is 5.10 Å². The Kier molecular flexibility index (Phi) is 5.96. The molecule has 1 fully saturated rings. The van der Waals surface area contributed by atoms with Gasteiger partial charge in [0.05, 0.1) is 11.9 Å². The third-order valence-corrected chi connectivity index (χ3v) is 5.02. The van der Waals surface area contributed by atoms with Crippen molar-refractivity contribution in [2.45, 2.75) is 6.54 Å². The summed E-state index contributed by atoms with van der Waals surface area (Å²) >= 11 is 0. The van der Waals surface area contributed by atoms with Gasteiger partial charge >= 0.3 is 0 Å². The first-order valence-corrected chi connectivity index (χ1v) is 9.71. The summed E-state index contributed by atoms with van der Waals surface area (Å²) in [6, 6.07) is 4.15. The molecule has 1 amide bonds. The molecule has 1 aromatic carbocycles. The van der Waals surface area contributed by atoms with Crippen molar-refractivity contribution < 1.29 is 19.6 Å². The number of aromatic nitrogens is 5. The van der Waals surface area contributed by atoms with Gasteiger partial charge in [-0.15, -0.1) is 5.10 Å². The summed E-state index contributed by atoms with van der Waals surface area (Å²) in [5, 5.41) is 38.2. The van der Waals surface area contributed by atoms with Crippen molar-refractivity contribution in [2.75, 3.05) is 39.0 Å². The fourth-order valence-corrected chi connectivity index (χ4v) is 3.18. The number of likely N-dealkylation sites (N-methyl/N-ethyl adjacent to an activating group) is 1. The average Bonchev–Trinajstić information content (AvgIpc) is 3.38. The number of nitrogens with one attached hydrogen (secondary N) is 1. The summed E-state index contributed by atoms with van der Waals surface area (Å²) < 4.78 is 6.00. The number of benzene rings is 1. The Labute approximate surface area is 181 Å². The number of hydrazone groups is 1. The molecule has 14 nitrogen and oxygen atoms in total. The molecule has 14 heteroatoms. The van der Waals surface area contributed by atoms with Gasteiger partial charge < -0.3 is 20.8 Å². The first-order chi connectivity index (χ1) is 15.4. The minimum absolute atomic E-state index is 0.0200. The summed E-state index contributed by atoms with van der Waals surface area (Å²) in [5.74, 6) is -0.973. The standard InChI is InChI=1S/C18H22N10O4/c1-26-4-6-27(7-5-26)10-12-15(21-25-28(12)17-16(19)23-32-24-17)18(31)22-20-9-11-2-3-13(29)14(30)8-11/h2-3,8-9,29-30H,4-7,10H2,1H3,(H2,19,23)(H,22,31)/b20-9-. The molecule has 168 valence electrons. The van der Waals surface area contributed by atoms with Crippen LogP contribution < -0.4 is 11.2 Å². The van der Waals surface area contributed by atoms with Gasteiger partial charge in [0.25, 0.3) is 5.91 Å². The maximum atomic E-state index is 12.8. The lowest BCUT2D eigenvalue weighted by molar-refractivity contribution is 0.0946. The third-order valence-electron chi connectivity index (χ3n) is 5.02. The number of aromatic hydroxyl groups is 2. The number of nitrogens with zero attached hydrogens (tertiary/aromatic N) is 8. The quantitative estimate of drug-likeness (QED) is 0.212. The van der Waals surface area contributed by atoms with Crippen molar-refractivity contribution in [1.29, 1.82) is 0 Å². The van der Waals surface area contributed by atoms with Gasteiger partial charge in [-0.05, 0) is 41.1 Å². The van der Waals surface area contributed by atoms with Gasteiger partial charge in [-0.1, -0.05) is 5.21 Å². The van der Waals surface area contributed by atoms with E-state index in [0.717, 1.165) is 26.2 Å². The van der Waals surface area contributed by atoms with Crippen LogP contribution in [-0.2, 0) is 6.54 Å². The van der Waals surface area contributed by atoms with Gasteiger partial charge in [-0.25, -0.2) is 10.1 Å². The van der Waals surface area contributed by atoms with E-state index < -0.39 is 5.91 Å². The van der Waals surface area contributed by atoms with E-state index in [1.54, 1.807) is 0 Å². The SMILES string of the molecule is CN1CCN(Cc2c(C(=O)N/N=C\c3ccc(O)c(O)c3)nnn2-c2nonc2N)CC1. The van der Waals surface area contributed by atoms with Crippen LogP contribution >= 0.6 is 0 Å². The number of hydrogen-bond donors (Lipinski definition) is 4. The molecule has 3 aromatic rings. The van der Waals surface area contributed by atoms with Crippen LogP contribution in [0.1, 0.15) is 21.7 Å². The molecule has 2 aromatic heterocycles. The lowest BCUT2D eigenvalue weighted by atomic mass is 10.2. The minimum atomic E-state index is -0.588. The number of hydrogen-bond acceptors (Lipinski definition) is 12. The van der Waals surface area contributed by atoms with Crippen molar-refractivity contribution in [3.8, 4) is 17.3 Å². The zero-order valence-corrected chi connectivity index (χ0v) is 17.2. The highest BCUT2D eigenvalue weighted by Gasteiger charge is 2.26. The second-order valence-electron chi connectivity index (χ2n) is 7.30. The predicted molar refractivity (Wildman–Crippen MR) is 111 cm³/mol. The van der Waals surface area contributed by atoms with E-state index in [1.165, 1.54) is 29.1 Å². The number of carbonyl (C=O) groups is 1. The maximum Gasteiger partial charge on any atom is 0.293 e. The number of anilines is 1. The fraction of sp³-hybridized carbons (Fsp3) is 0.333. The van der Waals surface area contributed by atoms with Gasteiger partial charge in [-0.2, -0.15) is 9.78 Å². The fourth-order valence-electron chi connectivity index (χ4n) is 3.18. The second-order valence-corrected chi connectivity index (χ2v) is 7.30. The lowest BCUT2D eigenvalue weighted by Gasteiger charge is -2.32. The Morgan fingerprint density at radius 2 is 2.03 bits per heavy atom. The smallest absolute Gasteiger partial charge is 0.293 e. The molecule has 0 radical (unpaired) electrons. The van der Waals surface area contributed by atoms with Crippen molar-refractivity contribution in [3.63, 3.8) is 0 Å². The molecule has 1 aliphatic heterocycles. The zero-order chi connectivity index (χ0) is 22.7. The summed E-state index contributed by atoms with van der Waals surface area (Å²) in [6.45, 7) is 3.77. The van der Waals surface area contributed by atoms with Crippen LogP contribution in [0.5, 0.6) is 11.5 Å².